The van der Waals surface area contributed by atoms with Crippen molar-refractivity contribution in [3.8, 4) is 0 Å². The minimum atomic E-state index is 0.145. The van der Waals surface area contributed by atoms with Crippen LogP contribution in [-0.2, 0) is 9.53 Å². The summed E-state index contributed by atoms with van der Waals surface area (Å²) in [7, 11) is 0. The zero-order chi connectivity index (χ0) is 13.2. The second-order valence-electron chi connectivity index (χ2n) is 7.99. The highest BCUT2D eigenvalue weighted by molar-refractivity contribution is 5.39. The number of ether oxygens (including phenoxy) is 1. The molecule has 18 heavy (non-hydrogen) atoms. The molecule has 0 aromatic rings. The van der Waals surface area contributed by atoms with Gasteiger partial charge in [-0.05, 0) is 48.3 Å². The van der Waals surface area contributed by atoms with Crippen LogP contribution in [0.4, 0.5) is 0 Å². The zero-order valence-electron chi connectivity index (χ0n) is 12.2. The predicted octanol–water partition coefficient (Wildman–Crippen LogP) is 3.93. The van der Waals surface area contributed by atoms with Crippen molar-refractivity contribution in [1.82, 2.24) is 0 Å². The normalized spacial score (nSPS) is 53.0. The lowest BCUT2D eigenvalue weighted by Crippen LogP contribution is -2.49. The molecule has 0 aromatic carbocycles. The van der Waals surface area contributed by atoms with E-state index in [1.54, 1.807) is 0 Å². The Bertz CT molecular complexity index is 389. The maximum absolute atomic E-state index is 10.8. The van der Waals surface area contributed by atoms with Crippen LogP contribution < -0.4 is 0 Å². The average Bonchev–Trinajstić information content (AvgIpc) is 2.62. The van der Waals surface area contributed by atoms with Crippen molar-refractivity contribution in [2.75, 3.05) is 0 Å². The van der Waals surface area contributed by atoms with Crippen LogP contribution in [-0.4, -0.2) is 12.6 Å². The molecule has 2 nitrogen and oxygen atoms in total. The van der Waals surface area contributed by atoms with E-state index in [0.717, 1.165) is 6.42 Å². The lowest BCUT2D eigenvalue weighted by Gasteiger charge is -2.56. The Morgan fingerprint density at radius 1 is 1.06 bits per heavy atom. The molecule has 0 saturated heterocycles. The first kappa shape index (κ1) is 12.5. The van der Waals surface area contributed by atoms with E-state index < -0.39 is 0 Å². The van der Waals surface area contributed by atoms with Gasteiger partial charge >= 0.3 is 0 Å². The Balaban J connectivity index is 2.11. The first-order valence-corrected chi connectivity index (χ1v) is 7.42. The summed E-state index contributed by atoms with van der Waals surface area (Å²) in [6.45, 7) is 10.4. The van der Waals surface area contributed by atoms with Crippen LogP contribution in [0.3, 0.4) is 0 Å². The molecule has 0 N–H and O–H groups in total. The van der Waals surface area contributed by atoms with Gasteiger partial charge in [-0.3, -0.25) is 4.79 Å². The SMILES string of the molecule is CC1(C)CCC[C@@]2(C)[C@@]13CC[C@@]2(C)C(OC=O)C3. The molecule has 3 saturated carbocycles. The summed E-state index contributed by atoms with van der Waals surface area (Å²) in [4.78, 5) is 10.8. The number of hydrogen-bond donors (Lipinski definition) is 0. The molecule has 0 spiro atoms. The molecule has 1 unspecified atom stereocenters. The highest BCUT2D eigenvalue weighted by atomic mass is 16.5. The van der Waals surface area contributed by atoms with Crippen LogP contribution in [0, 0.1) is 21.7 Å². The Morgan fingerprint density at radius 2 is 1.78 bits per heavy atom. The van der Waals surface area contributed by atoms with Gasteiger partial charge in [-0.25, -0.2) is 0 Å². The van der Waals surface area contributed by atoms with E-state index in [0.29, 0.717) is 22.7 Å². The maximum Gasteiger partial charge on any atom is 0.293 e. The first-order chi connectivity index (χ1) is 8.33. The minimum absolute atomic E-state index is 0.145. The molecule has 4 atom stereocenters. The molecule has 2 heteroatoms. The van der Waals surface area contributed by atoms with Crippen molar-refractivity contribution in [3.05, 3.63) is 0 Å². The van der Waals surface area contributed by atoms with Crippen molar-refractivity contribution in [2.24, 2.45) is 21.7 Å². The van der Waals surface area contributed by atoms with Gasteiger partial charge in [0.05, 0.1) is 0 Å². The summed E-state index contributed by atoms with van der Waals surface area (Å²) in [6.07, 6.45) is 7.75. The van der Waals surface area contributed by atoms with E-state index >= 15 is 0 Å². The molecule has 0 aromatic heterocycles. The van der Waals surface area contributed by atoms with Crippen LogP contribution in [0.1, 0.15) is 66.2 Å². The summed E-state index contributed by atoms with van der Waals surface area (Å²) < 4.78 is 5.50. The smallest absolute Gasteiger partial charge is 0.293 e. The third-order valence-corrected chi connectivity index (χ3v) is 7.63. The number of carbonyl (C=O) groups is 1. The van der Waals surface area contributed by atoms with E-state index in [1.165, 1.54) is 32.1 Å². The van der Waals surface area contributed by atoms with E-state index in [2.05, 4.69) is 27.7 Å². The second-order valence-corrected chi connectivity index (χ2v) is 7.99. The standard InChI is InChI=1S/C16H26O2/c1-13(2)6-5-7-15(4)14(3)8-9-16(13,15)10-12(14)18-11-17/h11-12H,5-10H2,1-4H3/t12?,14-,15+,16+/m0/s1. The van der Waals surface area contributed by atoms with E-state index in [-0.39, 0.29) is 11.5 Å². The van der Waals surface area contributed by atoms with Crippen LogP contribution in [0.15, 0.2) is 0 Å². The topological polar surface area (TPSA) is 26.3 Å². The third kappa shape index (κ3) is 1.05. The first-order valence-electron chi connectivity index (χ1n) is 7.42. The van der Waals surface area contributed by atoms with Gasteiger partial charge in [-0.15, -0.1) is 0 Å². The minimum Gasteiger partial charge on any atom is -0.464 e. The fourth-order valence-corrected chi connectivity index (χ4v) is 6.23. The van der Waals surface area contributed by atoms with Crippen molar-refractivity contribution >= 4 is 6.47 Å². The number of rotatable bonds is 2. The van der Waals surface area contributed by atoms with Gasteiger partial charge in [0.15, 0.2) is 0 Å². The molecule has 3 aliphatic carbocycles. The Labute approximate surface area is 110 Å². The largest absolute Gasteiger partial charge is 0.464 e. The Hall–Kier alpha value is -0.530. The molecule has 3 fully saturated rings. The molecular formula is C16H26O2. The van der Waals surface area contributed by atoms with E-state index in [4.69, 9.17) is 4.74 Å². The van der Waals surface area contributed by atoms with Gasteiger partial charge in [0, 0.05) is 5.41 Å². The van der Waals surface area contributed by atoms with E-state index in [1.807, 2.05) is 0 Å². The van der Waals surface area contributed by atoms with Gasteiger partial charge in [-0.1, -0.05) is 34.1 Å². The summed E-state index contributed by atoms with van der Waals surface area (Å²) >= 11 is 0. The molecule has 2 bridgehead atoms. The molecule has 102 valence electrons. The quantitative estimate of drug-likeness (QED) is 0.694. The van der Waals surface area contributed by atoms with Crippen LogP contribution in [0.2, 0.25) is 0 Å². The van der Waals surface area contributed by atoms with Gasteiger partial charge in [0.2, 0.25) is 0 Å². The Kier molecular flexibility index (Phi) is 2.30. The maximum atomic E-state index is 10.8. The van der Waals surface area contributed by atoms with E-state index in [9.17, 15) is 4.79 Å². The third-order valence-electron chi connectivity index (χ3n) is 7.63. The zero-order valence-corrected chi connectivity index (χ0v) is 12.2. The van der Waals surface area contributed by atoms with Gasteiger partial charge in [0.1, 0.15) is 6.10 Å². The average molecular weight is 250 g/mol. The summed E-state index contributed by atoms with van der Waals surface area (Å²) in [5, 5.41) is 0. The fraction of sp³-hybridized carbons (Fsp3) is 0.938. The highest BCUT2D eigenvalue weighted by Crippen LogP contribution is 2.81. The molecule has 3 rings (SSSR count). The molecule has 0 heterocycles. The molecule has 0 radical (unpaired) electrons. The molecular weight excluding hydrogens is 224 g/mol. The van der Waals surface area contributed by atoms with Crippen LogP contribution in [0.5, 0.6) is 0 Å². The number of carbonyl (C=O) groups excluding carboxylic acids is 1. The van der Waals surface area contributed by atoms with Crippen LogP contribution >= 0.6 is 0 Å². The van der Waals surface area contributed by atoms with Crippen molar-refractivity contribution in [3.63, 3.8) is 0 Å². The van der Waals surface area contributed by atoms with Gasteiger partial charge < -0.3 is 4.74 Å². The molecule has 3 aliphatic rings. The van der Waals surface area contributed by atoms with Crippen molar-refractivity contribution < 1.29 is 9.53 Å². The lowest BCUT2D eigenvalue weighted by molar-refractivity contribution is -0.141. The summed E-state index contributed by atoms with van der Waals surface area (Å²) in [5.41, 5.74) is 1.33. The van der Waals surface area contributed by atoms with Crippen molar-refractivity contribution in [2.45, 2.75) is 72.3 Å². The van der Waals surface area contributed by atoms with Gasteiger partial charge in [0.25, 0.3) is 6.47 Å². The predicted molar refractivity (Wildman–Crippen MR) is 71.1 cm³/mol. The summed E-state index contributed by atoms with van der Waals surface area (Å²) in [6, 6.07) is 0. The molecule has 0 amide bonds. The summed E-state index contributed by atoms with van der Waals surface area (Å²) in [5.74, 6) is 0. The van der Waals surface area contributed by atoms with Crippen molar-refractivity contribution in [1.29, 1.82) is 0 Å². The lowest BCUT2D eigenvalue weighted by atomic mass is 9.47. The van der Waals surface area contributed by atoms with Crippen LogP contribution in [0.25, 0.3) is 0 Å². The number of hydrogen-bond acceptors (Lipinski definition) is 2. The Morgan fingerprint density at radius 3 is 2.39 bits per heavy atom. The molecule has 0 aliphatic heterocycles. The second kappa shape index (κ2) is 3.32. The monoisotopic (exact) mass is 250 g/mol. The fourth-order valence-electron chi connectivity index (χ4n) is 6.23. The van der Waals surface area contributed by atoms with Gasteiger partial charge in [-0.2, -0.15) is 0 Å². The highest BCUT2D eigenvalue weighted by Gasteiger charge is 2.76.